The molecule has 0 radical (unpaired) electrons. The first-order chi connectivity index (χ1) is 6.98. The van der Waals surface area contributed by atoms with Gasteiger partial charge in [0.15, 0.2) is 0 Å². The summed E-state index contributed by atoms with van der Waals surface area (Å²) < 4.78 is 0. The van der Waals surface area contributed by atoms with Crippen LogP contribution in [0, 0.1) is 0 Å². The number of fused-ring (bicyclic) bond motifs is 1. The molecule has 0 aromatic heterocycles. The van der Waals surface area contributed by atoms with E-state index < -0.39 is 0 Å². The summed E-state index contributed by atoms with van der Waals surface area (Å²) in [6.45, 7) is 9.67. The zero-order chi connectivity index (χ0) is 11.1. The Balaban J connectivity index is 1.95. The van der Waals surface area contributed by atoms with E-state index in [-0.39, 0.29) is 0 Å². The van der Waals surface area contributed by atoms with Crippen LogP contribution in [0.3, 0.4) is 0 Å². The van der Waals surface area contributed by atoms with Crippen LogP contribution >= 0.6 is 0 Å². The Morgan fingerprint density at radius 1 is 1.13 bits per heavy atom. The van der Waals surface area contributed by atoms with E-state index in [1.165, 1.54) is 38.8 Å². The molecule has 2 fully saturated rings. The average Bonchev–Trinajstić information content (AvgIpc) is 2.61. The van der Waals surface area contributed by atoms with Gasteiger partial charge in [0.05, 0.1) is 0 Å². The van der Waals surface area contributed by atoms with E-state index in [2.05, 4.69) is 37.6 Å². The van der Waals surface area contributed by atoms with Gasteiger partial charge < -0.3 is 4.90 Å². The number of nitrogens with zero attached hydrogens (tertiary/aromatic N) is 2. The monoisotopic (exact) mass is 210 g/mol. The Hall–Kier alpha value is -0.0800. The SMILES string of the molecule is CN(C1CCN2CCCC2C1)C(C)(C)C. The maximum atomic E-state index is 2.70. The molecule has 0 bridgehead atoms. The van der Waals surface area contributed by atoms with Crippen molar-refractivity contribution in [2.75, 3.05) is 20.1 Å². The highest BCUT2D eigenvalue weighted by Crippen LogP contribution is 2.31. The van der Waals surface area contributed by atoms with E-state index in [1.54, 1.807) is 0 Å². The summed E-state index contributed by atoms with van der Waals surface area (Å²) in [5, 5.41) is 0. The van der Waals surface area contributed by atoms with Crippen molar-refractivity contribution in [3.63, 3.8) is 0 Å². The normalized spacial score (nSPS) is 33.4. The Kier molecular flexibility index (Phi) is 3.09. The quantitative estimate of drug-likeness (QED) is 0.655. The second-order valence-corrected chi connectivity index (χ2v) is 6.29. The lowest BCUT2D eigenvalue weighted by Gasteiger charge is -2.44. The van der Waals surface area contributed by atoms with Crippen LogP contribution in [0.2, 0.25) is 0 Å². The van der Waals surface area contributed by atoms with Gasteiger partial charge in [0.25, 0.3) is 0 Å². The molecular weight excluding hydrogens is 184 g/mol. The van der Waals surface area contributed by atoms with Gasteiger partial charge in [-0.05, 0) is 66.6 Å². The van der Waals surface area contributed by atoms with Gasteiger partial charge in [-0.1, -0.05) is 0 Å². The molecule has 2 unspecified atom stereocenters. The van der Waals surface area contributed by atoms with Crippen LogP contribution < -0.4 is 0 Å². The van der Waals surface area contributed by atoms with Crippen LogP contribution in [0.15, 0.2) is 0 Å². The minimum Gasteiger partial charge on any atom is -0.300 e. The van der Waals surface area contributed by atoms with Crippen molar-refractivity contribution >= 4 is 0 Å². The van der Waals surface area contributed by atoms with E-state index >= 15 is 0 Å². The standard InChI is InChI=1S/C13H26N2/c1-13(2,3)14(4)11-7-9-15-8-5-6-12(15)10-11/h11-12H,5-10H2,1-4H3. The number of hydrogen-bond donors (Lipinski definition) is 0. The van der Waals surface area contributed by atoms with Crippen molar-refractivity contribution in [2.24, 2.45) is 0 Å². The Labute approximate surface area is 94.6 Å². The van der Waals surface area contributed by atoms with E-state index in [1.807, 2.05) is 0 Å². The third-order valence-corrected chi connectivity index (χ3v) is 4.40. The summed E-state index contributed by atoms with van der Waals surface area (Å²) in [7, 11) is 2.30. The van der Waals surface area contributed by atoms with Crippen molar-refractivity contribution in [1.82, 2.24) is 9.80 Å². The molecule has 2 aliphatic rings. The molecule has 2 nitrogen and oxygen atoms in total. The van der Waals surface area contributed by atoms with E-state index in [0.717, 1.165) is 12.1 Å². The summed E-state index contributed by atoms with van der Waals surface area (Å²) in [5.41, 5.74) is 0.325. The van der Waals surface area contributed by atoms with Crippen molar-refractivity contribution in [1.29, 1.82) is 0 Å². The molecule has 0 aliphatic carbocycles. The first-order valence-corrected chi connectivity index (χ1v) is 6.45. The molecule has 0 N–H and O–H groups in total. The molecule has 2 aliphatic heterocycles. The summed E-state index contributed by atoms with van der Waals surface area (Å²) >= 11 is 0. The largest absolute Gasteiger partial charge is 0.300 e. The van der Waals surface area contributed by atoms with Crippen molar-refractivity contribution in [3.8, 4) is 0 Å². The Morgan fingerprint density at radius 3 is 2.53 bits per heavy atom. The van der Waals surface area contributed by atoms with Crippen LogP contribution in [0.4, 0.5) is 0 Å². The highest BCUT2D eigenvalue weighted by molar-refractivity contribution is 4.92. The molecule has 0 saturated carbocycles. The van der Waals surface area contributed by atoms with Crippen LogP contribution in [-0.4, -0.2) is 47.6 Å². The molecule has 15 heavy (non-hydrogen) atoms. The van der Waals surface area contributed by atoms with Gasteiger partial charge in [-0.15, -0.1) is 0 Å². The molecule has 2 heterocycles. The molecule has 2 atom stereocenters. The second-order valence-electron chi connectivity index (χ2n) is 6.29. The predicted molar refractivity (Wildman–Crippen MR) is 65.1 cm³/mol. The fourth-order valence-electron chi connectivity index (χ4n) is 3.10. The zero-order valence-corrected chi connectivity index (χ0v) is 10.8. The van der Waals surface area contributed by atoms with Gasteiger partial charge in [-0.3, -0.25) is 4.90 Å². The van der Waals surface area contributed by atoms with Crippen molar-refractivity contribution in [3.05, 3.63) is 0 Å². The minimum absolute atomic E-state index is 0.325. The molecule has 0 amide bonds. The van der Waals surface area contributed by atoms with Crippen LogP contribution in [-0.2, 0) is 0 Å². The average molecular weight is 210 g/mol. The van der Waals surface area contributed by atoms with E-state index in [0.29, 0.717) is 5.54 Å². The van der Waals surface area contributed by atoms with Gasteiger partial charge in [0, 0.05) is 17.6 Å². The second kappa shape index (κ2) is 4.06. The van der Waals surface area contributed by atoms with Gasteiger partial charge in [0.2, 0.25) is 0 Å². The van der Waals surface area contributed by atoms with E-state index in [9.17, 15) is 0 Å². The topological polar surface area (TPSA) is 6.48 Å². The van der Waals surface area contributed by atoms with Crippen LogP contribution in [0.1, 0.15) is 46.5 Å². The molecular formula is C13H26N2. The zero-order valence-electron chi connectivity index (χ0n) is 10.8. The first kappa shape index (κ1) is 11.4. The molecule has 88 valence electrons. The summed E-state index contributed by atoms with van der Waals surface area (Å²) in [4.78, 5) is 5.29. The molecule has 0 spiro atoms. The lowest BCUT2D eigenvalue weighted by atomic mass is 9.93. The third-order valence-electron chi connectivity index (χ3n) is 4.40. The number of hydrogen-bond acceptors (Lipinski definition) is 2. The van der Waals surface area contributed by atoms with Crippen LogP contribution in [0.5, 0.6) is 0 Å². The molecule has 0 aromatic rings. The van der Waals surface area contributed by atoms with E-state index in [4.69, 9.17) is 0 Å². The Morgan fingerprint density at radius 2 is 1.87 bits per heavy atom. The lowest BCUT2D eigenvalue weighted by Crippen LogP contribution is -2.52. The van der Waals surface area contributed by atoms with Gasteiger partial charge in [-0.25, -0.2) is 0 Å². The van der Waals surface area contributed by atoms with Gasteiger partial charge in [-0.2, -0.15) is 0 Å². The molecule has 2 rings (SSSR count). The fraction of sp³-hybridized carbons (Fsp3) is 1.00. The lowest BCUT2D eigenvalue weighted by molar-refractivity contribution is 0.0498. The highest BCUT2D eigenvalue weighted by Gasteiger charge is 2.35. The fourth-order valence-corrected chi connectivity index (χ4v) is 3.10. The molecule has 2 saturated heterocycles. The summed E-state index contributed by atoms with van der Waals surface area (Å²) in [6.07, 6.45) is 5.63. The smallest absolute Gasteiger partial charge is 0.0124 e. The number of rotatable bonds is 1. The summed E-state index contributed by atoms with van der Waals surface area (Å²) in [6, 6.07) is 1.71. The number of piperidine rings is 1. The highest BCUT2D eigenvalue weighted by atomic mass is 15.2. The maximum absolute atomic E-state index is 2.70. The minimum atomic E-state index is 0.325. The van der Waals surface area contributed by atoms with Crippen molar-refractivity contribution in [2.45, 2.75) is 64.1 Å². The molecule has 2 heteroatoms. The molecule has 0 aromatic carbocycles. The van der Waals surface area contributed by atoms with Crippen LogP contribution in [0.25, 0.3) is 0 Å². The summed E-state index contributed by atoms with van der Waals surface area (Å²) in [5.74, 6) is 0. The Bertz CT molecular complexity index is 219. The maximum Gasteiger partial charge on any atom is 0.0124 e. The first-order valence-electron chi connectivity index (χ1n) is 6.45. The van der Waals surface area contributed by atoms with Gasteiger partial charge >= 0.3 is 0 Å². The predicted octanol–water partition coefficient (Wildman–Crippen LogP) is 2.34. The van der Waals surface area contributed by atoms with Gasteiger partial charge in [0.1, 0.15) is 0 Å². The van der Waals surface area contributed by atoms with Crippen molar-refractivity contribution < 1.29 is 0 Å². The third kappa shape index (κ3) is 2.36.